The van der Waals surface area contributed by atoms with Crippen molar-refractivity contribution in [2.75, 3.05) is 23.3 Å². The van der Waals surface area contributed by atoms with Gasteiger partial charge in [-0.2, -0.15) is 15.2 Å². The Bertz CT molecular complexity index is 1540. The molecule has 0 unspecified atom stereocenters. The van der Waals surface area contributed by atoms with Crippen LogP contribution in [-0.4, -0.2) is 31.0 Å². The lowest BCUT2D eigenvalue weighted by Gasteiger charge is -2.22. The standard InChI is InChI=1S/C22H17ClFN9O/c23-16-13(24)3-4-14-15(16)19(34)33(11-2-1-7-28-9-11)20(30-14)22(5-6-22)10-29-18-12(8-25)17(26)31-21(27)32-18/h1-4,7,9H,5-6,10H2,(H5,26,27,29,31,32). The lowest BCUT2D eigenvalue weighted by molar-refractivity contribution is 0.625. The molecule has 1 saturated carbocycles. The number of nitrogens with one attached hydrogen (secondary N) is 1. The van der Waals surface area contributed by atoms with Gasteiger partial charge in [-0.15, -0.1) is 0 Å². The quantitative estimate of drug-likeness (QED) is 0.392. The zero-order valence-corrected chi connectivity index (χ0v) is 18.3. The molecule has 0 spiro atoms. The average Bonchev–Trinajstić information content (AvgIpc) is 3.61. The molecule has 5 N–H and O–H groups in total. The van der Waals surface area contributed by atoms with Crippen molar-refractivity contribution in [1.29, 1.82) is 5.26 Å². The van der Waals surface area contributed by atoms with Crippen LogP contribution in [0, 0.1) is 17.1 Å². The summed E-state index contributed by atoms with van der Waals surface area (Å²) in [4.78, 5) is 30.3. The fraction of sp³-hybridized carbons (Fsp3) is 0.182. The van der Waals surface area contributed by atoms with Gasteiger partial charge in [-0.05, 0) is 37.1 Å². The van der Waals surface area contributed by atoms with Gasteiger partial charge in [0.1, 0.15) is 29.1 Å². The van der Waals surface area contributed by atoms with Crippen LogP contribution in [0.4, 0.5) is 22.0 Å². The molecule has 0 aliphatic heterocycles. The minimum atomic E-state index is -0.704. The Kier molecular flexibility index (Phi) is 5.02. The van der Waals surface area contributed by atoms with Crippen molar-refractivity contribution in [2.45, 2.75) is 18.3 Å². The van der Waals surface area contributed by atoms with Crippen LogP contribution >= 0.6 is 11.6 Å². The molecule has 3 aromatic heterocycles. The molecule has 170 valence electrons. The zero-order valence-electron chi connectivity index (χ0n) is 17.6. The van der Waals surface area contributed by atoms with Gasteiger partial charge in [0.2, 0.25) is 5.95 Å². The lowest BCUT2D eigenvalue weighted by atomic mass is 10.0. The number of aromatic nitrogens is 5. The molecule has 1 aliphatic carbocycles. The van der Waals surface area contributed by atoms with Crippen molar-refractivity contribution >= 4 is 40.1 Å². The number of nitriles is 1. The molecule has 0 bridgehead atoms. The number of pyridine rings is 1. The molecule has 12 heteroatoms. The summed E-state index contributed by atoms with van der Waals surface area (Å²) in [6.45, 7) is 0.282. The monoisotopic (exact) mass is 477 g/mol. The van der Waals surface area contributed by atoms with E-state index in [-0.39, 0.29) is 45.6 Å². The number of nitrogen functional groups attached to an aromatic ring is 2. The number of fused-ring (bicyclic) bond motifs is 1. The molecule has 0 amide bonds. The first kappa shape index (κ1) is 21.5. The van der Waals surface area contributed by atoms with Crippen LogP contribution in [0.3, 0.4) is 0 Å². The smallest absolute Gasteiger partial charge is 0.267 e. The van der Waals surface area contributed by atoms with E-state index in [1.165, 1.54) is 22.9 Å². The summed E-state index contributed by atoms with van der Waals surface area (Å²) in [5.74, 6) is -0.155. The van der Waals surface area contributed by atoms with Crippen molar-refractivity contribution in [3.05, 3.63) is 69.2 Å². The van der Waals surface area contributed by atoms with Crippen LogP contribution in [0.5, 0.6) is 0 Å². The molecule has 1 fully saturated rings. The van der Waals surface area contributed by atoms with Crippen LogP contribution in [0.1, 0.15) is 24.2 Å². The highest BCUT2D eigenvalue weighted by molar-refractivity contribution is 6.35. The first-order chi connectivity index (χ1) is 16.3. The second-order valence-electron chi connectivity index (χ2n) is 7.98. The van der Waals surface area contributed by atoms with Gasteiger partial charge < -0.3 is 16.8 Å². The van der Waals surface area contributed by atoms with E-state index in [2.05, 4.69) is 20.3 Å². The molecular weight excluding hydrogens is 461 g/mol. The molecule has 0 radical (unpaired) electrons. The van der Waals surface area contributed by atoms with Gasteiger partial charge in [-0.25, -0.2) is 9.37 Å². The maximum Gasteiger partial charge on any atom is 0.267 e. The van der Waals surface area contributed by atoms with Crippen LogP contribution < -0.4 is 22.3 Å². The topological polar surface area (TPSA) is 161 Å². The Balaban J connectivity index is 1.66. The van der Waals surface area contributed by atoms with E-state index >= 15 is 0 Å². The van der Waals surface area contributed by atoms with E-state index in [0.29, 0.717) is 24.4 Å². The van der Waals surface area contributed by atoms with Gasteiger partial charge in [0, 0.05) is 18.2 Å². The number of hydrogen-bond donors (Lipinski definition) is 3. The largest absolute Gasteiger partial charge is 0.382 e. The summed E-state index contributed by atoms with van der Waals surface area (Å²) >= 11 is 6.15. The number of nitrogens with zero attached hydrogens (tertiary/aromatic N) is 6. The van der Waals surface area contributed by atoms with Crippen LogP contribution in [0.15, 0.2) is 41.5 Å². The van der Waals surface area contributed by atoms with Gasteiger partial charge in [-0.3, -0.25) is 14.3 Å². The highest BCUT2D eigenvalue weighted by atomic mass is 35.5. The molecule has 34 heavy (non-hydrogen) atoms. The first-order valence-electron chi connectivity index (χ1n) is 10.2. The average molecular weight is 478 g/mol. The second kappa shape index (κ2) is 7.93. The predicted octanol–water partition coefficient (Wildman–Crippen LogP) is 2.54. The third-order valence-electron chi connectivity index (χ3n) is 5.82. The fourth-order valence-corrected chi connectivity index (χ4v) is 4.15. The summed E-state index contributed by atoms with van der Waals surface area (Å²) in [5, 5.41) is 12.3. The maximum absolute atomic E-state index is 14.2. The summed E-state index contributed by atoms with van der Waals surface area (Å²) in [6, 6.07) is 7.98. The molecule has 0 saturated heterocycles. The van der Waals surface area contributed by atoms with E-state index in [1.54, 1.807) is 18.3 Å². The minimum absolute atomic E-state index is 0.0128. The van der Waals surface area contributed by atoms with Gasteiger partial charge in [0.05, 0.1) is 27.8 Å². The molecule has 1 aliphatic rings. The van der Waals surface area contributed by atoms with Crippen molar-refractivity contribution in [1.82, 2.24) is 24.5 Å². The number of rotatable bonds is 5. The van der Waals surface area contributed by atoms with Crippen LogP contribution in [-0.2, 0) is 5.41 Å². The summed E-state index contributed by atoms with van der Waals surface area (Å²) in [7, 11) is 0. The van der Waals surface area contributed by atoms with Crippen molar-refractivity contribution < 1.29 is 4.39 Å². The molecule has 1 aromatic carbocycles. The summed E-state index contributed by atoms with van der Waals surface area (Å²) in [6.07, 6.45) is 4.50. The van der Waals surface area contributed by atoms with E-state index < -0.39 is 16.8 Å². The molecule has 0 atom stereocenters. The first-order valence-corrected chi connectivity index (χ1v) is 10.6. The number of hydrogen-bond acceptors (Lipinski definition) is 9. The SMILES string of the molecule is N#Cc1c(N)nc(N)nc1NCC1(c2nc3ccc(F)c(Cl)c3c(=O)n2-c2cccnc2)CC1. The Labute approximate surface area is 197 Å². The normalized spacial score (nSPS) is 14.0. The van der Waals surface area contributed by atoms with Crippen molar-refractivity contribution in [3.8, 4) is 11.8 Å². The van der Waals surface area contributed by atoms with Crippen molar-refractivity contribution in [2.24, 2.45) is 0 Å². The molecule has 10 nitrogen and oxygen atoms in total. The molecule has 3 heterocycles. The van der Waals surface area contributed by atoms with Gasteiger partial charge in [0.15, 0.2) is 5.82 Å². The Morgan fingerprint density at radius 3 is 2.71 bits per heavy atom. The fourth-order valence-electron chi connectivity index (χ4n) is 3.91. The number of benzene rings is 1. The van der Waals surface area contributed by atoms with E-state index in [4.69, 9.17) is 28.1 Å². The highest BCUT2D eigenvalue weighted by Gasteiger charge is 2.48. The van der Waals surface area contributed by atoms with Gasteiger partial charge in [-0.1, -0.05) is 11.6 Å². The third-order valence-corrected chi connectivity index (χ3v) is 6.19. The lowest BCUT2D eigenvalue weighted by Crippen LogP contribution is -2.32. The minimum Gasteiger partial charge on any atom is -0.382 e. The Hall–Kier alpha value is -4.30. The second-order valence-corrected chi connectivity index (χ2v) is 8.36. The molecule has 4 aromatic rings. The number of anilines is 3. The van der Waals surface area contributed by atoms with Gasteiger partial charge >= 0.3 is 0 Å². The summed E-state index contributed by atoms with van der Waals surface area (Å²) in [5.41, 5.74) is 11.2. The third kappa shape index (κ3) is 3.45. The summed E-state index contributed by atoms with van der Waals surface area (Å²) < 4.78 is 15.6. The van der Waals surface area contributed by atoms with E-state index in [0.717, 1.165) is 0 Å². The maximum atomic E-state index is 14.2. The Morgan fingerprint density at radius 1 is 1.24 bits per heavy atom. The van der Waals surface area contributed by atoms with Crippen molar-refractivity contribution in [3.63, 3.8) is 0 Å². The number of halogens is 2. The van der Waals surface area contributed by atoms with Crippen LogP contribution in [0.2, 0.25) is 5.02 Å². The predicted molar refractivity (Wildman–Crippen MR) is 125 cm³/mol. The molecular formula is C22H17ClFN9O. The van der Waals surface area contributed by atoms with E-state index in [9.17, 15) is 14.4 Å². The molecule has 5 rings (SSSR count). The Morgan fingerprint density at radius 2 is 2.03 bits per heavy atom. The number of nitrogens with two attached hydrogens (primary N) is 2. The zero-order chi connectivity index (χ0) is 24.0. The highest BCUT2D eigenvalue weighted by Crippen LogP contribution is 2.48. The van der Waals surface area contributed by atoms with Crippen LogP contribution in [0.25, 0.3) is 16.6 Å². The van der Waals surface area contributed by atoms with E-state index in [1.807, 2.05) is 6.07 Å². The van der Waals surface area contributed by atoms with Gasteiger partial charge in [0.25, 0.3) is 5.56 Å².